The van der Waals surface area contributed by atoms with Gasteiger partial charge in [0.05, 0.1) is 0 Å². The van der Waals surface area contributed by atoms with Crippen LogP contribution in [0.4, 0.5) is 4.79 Å². The maximum absolute atomic E-state index is 12.9. The highest BCUT2D eigenvalue weighted by Crippen LogP contribution is 2.21. The second-order valence-corrected chi connectivity index (χ2v) is 8.49. The van der Waals surface area contributed by atoms with E-state index < -0.39 is 30.1 Å². The van der Waals surface area contributed by atoms with Gasteiger partial charge in [0.15, 0.2) is 0 Å². The van der Waals surface area contributed by atoms with Crippen LogP contribution in [0.3, 0.4) is 0 Å². The monoisotopic (exact) mass is 427 g/mol. The molecule has 0 aliphatic heterocycles. The van der Waals surface area contributed by atoms with Crippen molar-refractivity contribution in [1.29, 1.82) is 0 Å². The van der Waals surface area contributed by atoms with Crippen LogP contribution in [0.2, 0.25) is 0 Å². The Balaban J connectivity index is 2.03. The van der Waals surface area contributed by atoms with Crippen LogP contribution in [0, 0.1) is 5.41 Å². The minimum atomic E-state index is -1.17. The van der Waals surface area contributed by atoms with Gasteiger partial charge in [-0.1, -0.05) is 57.2 Å². The second kappa shape index (κ2) is 11.1. The summed E-state index contributed by atoms with van der Waals surface area (Å²) in [5.41, 5.74) is 1.20. The third kappa shape index (κ3) is 8.86. The quantitative estimate of drug-likeness (QED) is 0.566. The number of carboxylic acids is 1. The lowest BCUT2D eigenvalue weighted by Gasteiger charge is -2.27. The fraction of sp³-hybridized carbons (Fsp3) is 0.391. The third-order valence-corrected chi connectivity index (χ3v) is 4.42. The summed E-state index contributed by atoms with van der Waals surface area (Å²) in [7, 11) is 0. The number of aromatic nitrogens is 1. The van der Waals surface area contributed by atoms with Crippen LogP contribution in [0.5, 0.6) is 0 Å². The smallest absolute Gasteiger partial charge is 0.408 e. The highest BCUT2D eigenvalue weighted by molar-refractivity contribution is 5.89. The van der Waals surface area contributed by atoms with E-state index in [9.17, 15) is 19.5 Å². The largest absolute Gasteiger partial charge is 0.480 e. The molecule has 2 amide bonds. The van der Waals surface area contributed by atoms with E-state index >= 15 is 0 Å². The van der Waals surface area contributed by atoms with Gasteiger partial charge in [0, 0.05) is 18.8 Å². The molecule has 31 heavy (non-hydrogen) atoms. The summed E-state index contributed by atoms with van der Waals surface area (Å²) < 4.78 is 5.22. The minimum Gasteiger partial charge on any atom is -0.480 e. The van der Waals surface area contributed by atoms with Crippen LogP contribution in [-0.4, -0.2) is 40.1 Å². The number of ether oxygens (including phenoxy) is 1. The van der Waals surface area contributed by atoms with Gasteiger partial charge >= 0.3 is 12.1 Å². The van der Waals surface area contributed by atoms with Crippen molar-refractivity contribution >= 4 is 18.0 Å². The zero-order valence-electron chi connectivity index (χ0n) is 18.0. The number of nitrogens with one attached hydrogen (secondary N) is 2. The van der Waals surface area contributed by atoms with E-state index in [0.29, 0.717) is 12.0 Å². The molecule has 0 fully saturated rings. The Bertz CT molecular complexity index is 866. The summed E-state index contributed by atoms with van der Waals surface area (Å²) in [5.74, 6) is -1.75. The predicted molar refractivity (Wildman–Crippen MR) is 115 cm³/mol. The molecule has 1 aromatic heterocycles. The SMILES string of the molecule is CC(C)(C)C[C@@H](NC(=O)OCc1ccccc1)C(=O)N[C@@H](Cc1cccnc1)C(=O)O. The summed E-state index contributed by atoms with van der Waals surface area (Å²) in [4.78, 5) is 40.8. The van der Waals surface area contributed by atoms with E-state index in [-0.39, 0.29) is 18.4 Å². The van der Waals surface area contributed by atoms with Gasteiger partial charge in [0.2, 0.25) is 5.91 Å². The number of carbonyl (C=O) groups excluding carboxylic acids is 2. The van der Waals surface area contributed by atoms with Gasteiger partial charge in [-0.2, -0.15) is 0 Å². The normalized spacial score (nSPS) is 13.0. The van der Waals surface area contributed by atoms with E-state index in [4.69, 9.17) is 4.74 Å². The van der Waals surface area contributed by atoms with Crippen LogP contribution < -0.4 is 10.6 Å². The van der Waals surface area contributed by atoms with Gasteiger partial charge in [0.25, 0.3) is 0 Å². The van der Waals surface area contributed by atoms with Crippen molar-refractivity contribution in [3.05, 3.63) is 66.0 Å². The van der Waals surface area contributed by atoms with Gasteiger partial charge in [-0.05, 0) is 29.0 Å². The number of rotatable bonds is 9. The molecule has 1 heterocycles. The van der Waals surface area contributed by atoms with Crippen molar-refractivity contribution in [2.45, 2.75) is 52.3 Å². The first-order valence-electron chi connectivity index (χ1n) is 10.0. The first-order valence-corrected chi connectivity index (χ1v) is 10.0. The lowest BCUT2D eigenvalue weighted by atomic mass is 9.87. The Labute approximate surface area is 182 Å². The van der Waals surface area contributed by atoms with E-state index in [2.05, 4.69) is 15.6 Å². The molecule has 2 atom stereocenters. The van der Waals surface area contributed by atoms with E-state index in [1.807, 2.05) is 51.1 Å². The predicted octanol–water partition coefficient (Wildman–Crippen LogP) is 2.92. The number of amides is 2. The highest BCUT2D eigenvalue weighted by atomic mass is 16.5. The standard InChI is InChI=1S/C23H29N3O5/c1-23(2,3)13-19(26-22(30)31-15-16-8-5-4-6-9-16)20(27)25-18(21(28)29)12-17-10-7-11-24-14-17/h4-11,14,18-19H,12-13,15H2,1-3H3,(H,25,27)(H,26,30)(H,28,29)/t18-,19+/m0/s1. The van der Waals surface area contributed by atoms with E-state index in [1.54, 1.807) is 24.5 Å². The molecule has 0 saturated heterocycles. The van der Waals surface area contributed by atoms with E-state index in [0.717, 1.165) is 5.56 Å². The molecule has 0 radical (unpaired) electrons. The van der Waals surface area contributed by atoms with Crippen molar-refractivity contribution in [2.75, 3.05) is 0 Å². The lowest BCUT2D eigenvalue weighted by molar-refractivity contribution is -0.142. The summed E-state index contributed by atoms with van der Waals surface area (Å²) in [6.07, 6.45) is 2.77. The summed E-state index contributed by atoms with van der Waals surface area (Å²) in [6.45, 7) is 5.84. The number of hydrogen-bond donors (Lipinski definition) is 3. The number of nitrogens with zero attached hydrogens (tertiary/aromatic N) is 1. The molecule has 1 aromatic carbocycles. The Morgan fingerprint density at radius 2 is 1.68 bits per heavy atom. The average Bonchev–Trinajstić information content (AvgIpc) is 2.71. The first kappa shape index (κ1) is 23.9. The van der Waals surface area contributed by atoms with Gasteiger partial charge in [-0.3, -0.25) is 9.78 Å². The van der Waals surface area contributed by atoms with Crippen LogP contribution in [0.15, 0.2) is 54.9 Å². The highest BCUT2D eigenvalue weighted by Gasteiger charge is 2.30. The topological polar surface area (TPSA) is 118 Å². The van der Waals surface area contributed by atoms with Gasteiger partial charge in [-0.25, -0.2) is 9.59 Å². The number of benzene rings is 1. The molecule has 0 aliphatic rings. The van der Waals surface area contributed by atoms with Gasteiger partial charge in [-0.15, -0.1) is 0 Å². The number of carboxylic acid groups (broad SMARTS) is 1. The van der Waals surface area contributed by atoms with Crippen molar-refractivity contribution in [2.24, 2.45) is 5.41 Å². The number of hydrogen-bond acceptors (Lipinski definition) is 5. The Morgan fingerprint density at radius 3 is 2.26 bits per heavy atom. The molecule has 8 nitrogen and oxygen atoms in total. The maximum Gasteiger partial charge on any atom is 0.408 e. The number of pyridine rings is 1. The van der Waals surface area contributed by atoms with Gasteiger partial charge in [0.1, 0.15) is 18.7 Å². The van der Waals surface area contributed by atoms with Crippen LogP contribution in [0.1, 0.15) is 38.3 Å². The third-order valence-electron chi connectivity index (χ3n) is 4.42. The summed E-state index contributed by atoms with van der Waals surface area (Å²) in [5, 5.41) is 14.6. The number of alkyl carbamates (subject to hydrolysis) is 1. The molecule has 0 unspecified atom stereocenters. The minimum absolute atomic E-state index is 0.0648. The summed E-state index contributed by atoms with van der Waals surface area (Å²) >= 11 is 0. The van der Waals surface area contributed by atoms with Crippen molar-refractivity contribution < 1.29 is 24.2 Å². The molecule has 2 aromatic rings. The molecular weight excluding hydrogens is 398 g/mol. The van der Waals surface area contributed by atoms with Crippen LogP contribution in [0.25, 0.3) is 0 Å². The molecule has 166 valence electrons. The zero-order chi connectivity index (χ0) is 22.9. The molecule has 8 heteroatoms. The molecule has 0 spiro atoms. The van der Waals surface area contributed by atoms with E-state index in [1.165, 1.54) is 0 Å². The fourth-order valence-corrected chi connectivity index (χ4v) is 2.96. The molecule has 0 bridgehead atoms. The maximum atomic E-state index is 12.9. The Kier molecular flexibility index (Phi) is 8.54. The second-order valence-electron chi connectivity index (χ2n) is 8.49. The molecule has 3 N–H and O–H groups in total. The molecule has 2 rings (SSSR count). The average molecular weight is 428 g/mol. The van der Waals surface area contributed by atoms with Gasteiger partial charge < -0.3 is 20.5 Å². The number of aliphatic carboxylic acids is 1. The molecular formula is C23H29N3O5. The molecule has 0 aliphatic carbocycles. The Hall–Kier alpha value is -3.42. The zero-order valence-corrected chi connectivity index (χ0v) is 18.0. The van der Waals surface area contributed by atoms with Crippen molar-refractivity contribution in [3.8, 4) is 0 Å². The lowest BCUT2D eigenvalue weighted by Crippen LogP contribution is -2.53. The number of carbonyl (C=O) groups is 3. The van der Waals surface area contributed by atoms with Crippen molar-refractivity contribution in [3.63, 3.8) is 0 Å². The van der Waals surface area contributed by atoms with Crippen molar-refractivity contribution in [1.82, 2.24) is 15.6 Å². The Morgan fingerprint density at radius 1 is 1.00 bits per heavy atom. The first-order chi connectivity index (χ1) is 14.6. The van der Waals surface area contributed by atoms with Crippen LogP contribution >= 0.6 is 0 Å². The summed E-state index contributed by atoms with van der Waals surface area (Å²) in [6, 6.07) is 10.5. The van der Waals surface area contributed by atoms with Crippen LogP contribution in [-0.2, 0) is 27.4 Å². The molecule has 0 saturated carbocycles. The fourth-order valence-electron chi connectivity index (χ4n) is 2.96.